The highest BCUT2D eigenvalue weighted by atomic mass is 14.2. The maximum Gasteiger partial charge on any atom is -0.0414 e. The Balaban J connectivity index is 0.000000187. The predicted octanol–water partition coefficient (Wildman–Crippen LogP) is 4.39. The smallest absolute Gasteiger partial charge is 0.0414 e. The summed E-state index contributed by atoms with van der Waals surface area (Å²) in [5.74, 6) is 1.15. The van der Waals surface area contributed by atoms with Gasteiger partial charge >= 0.3 is 0 Å². The van der Waals surface area contributed by atoms with Crippen LogP contribution >= 0.6 is 0 Å². The molecule has 0 unspecified atom stereocenters. The van der Waals surface area contributed by atoms with Crippen molar-refractivity contribution in [1.29, 1.82) is 0 Å². The Morgan fingerprint density at radius 1 is 0.909 bits per heavy atom. The maximum atomic E-state index is 2.26. The molecule has 0 N–H and O–H groups in total. The topological polar surface area (TPSA) is 0 Å². The van der Waals surface area contributed by atoms with Gasteiger partial charge in [-0.25, -0.2) is 0 Å². The average Bonchev–Trinajstić information content (AvgIpc) is 2.76. The van der Waals surface area contributed by atoms with Gasteiger partial charge in [0.1, 0.15) is 0 Å². The maximum absolute atomic E-state index is 2.26. The van der Waals surface area contributed by atoms with Gasteiger partial charge in [-0.3, -0.25) is 0 Å². The highest BCUT2D eigenvalue weighted by Crippen LogP contribution is 2.32. The molecule has 0 radical (unpaired) electrons. The van der Waals surface area contributed by atoms with Crippen molar-refractivity contribution < 1.29 is 0 Å². The second-order valence-corrected chi connectivity index (χ2v) is 3.59. The molecule has 0 spiro atoms. The molecule has 0 bridgehead atoms. The van der Waals surface area contributed by atoms with Crippen molar-refractivity contribution >= 4 is 0 Å². The van der Waals surface area contributed by atoms with Crippen LogP contribution in [0.1, 0.15) is 65.7 Å². The Kier molecular flexibility index (Phi) is 8.10. The third-order valence-electron chi connectivity index (χ3n) is 2.10. The summed E-state index contributed by atoms with van der Waals surface area (Å²) in [5, 5.41) is 0. The molecule has 0 aromatic heterocycles. The fourth-order valence-corrected chi connectivity index (χ4v) is 1.17. The minimum Gasteiger partial charge on any atom is -0.0654 e. The number of rotatable bonds is 4. The van der Waals surface area contributed by atoms with Crippen molar-refractivity contribution in [2.24, 2.45) is 5.92 Å². The Morgan fingerprint density at radius 2 is 1.45 bits per heavy atom. The summed E-state index contributed by atoms with van der Waals surface area (Å²) < 4.78 is 0. The molecule has 1 rings (SSSR count). The monoisotopic (exact) mass is 156 g/mol. The Hall–Kier alpha value is 0. The van der Waals surface area contributed by atoms with Gasteiger partial charge in [0.25, 0.3) is 0 Å². The molecule has 68 valence electrons. The minimum atomic E-state index is 1.15. The summed E-state index contributed by atoms with van der Waals surface area (Å²) in [4.78, 5) is 0. The largest absolute Gasteiger partial charge is 0.0654 e. The molecule has 0 heteroatoms. The lowest BCUT2D eigenvalue weighted by Crippen LogP contribution is -1.68. The molecular weight excluding hydrogens is 132 g/mol. The van der Waals surface area contributed by atoms with Crippen LogP contribution in [-0.4, -0.2) is 0 Å². The van der Waals surface area contributed by atoms with Crippen LogP contribution in [0.15, 0.2) is 0 Å². The predicted molar refractivity (Wildman–Crippen MR) is 52.8 cm³/mol. The molecule has 0 heterocycles. The first-order valence-electron chi connectivity index (χ1n) is 5.35. The van der Waals surface area contributed by atoms with Gasteiger partial charge in [0.05, 0.1) is 0 Å². The molecule has 0 nitrogen and oxygen atoms in total. The van der Waals surface area contributed by atoms with Crippen LogP contribution in [0.2, 0.25) is 0 Å². The molecule has 11 heavy (non-hydrogen) atoms. The van der Waals surface area contributed by atoms with Gasteiger partial charge in [-0.1, -0.05) is 65.7 Å². The number of unbranched alkanes of at least 4 members (excludes halogenated alkanes) is 2. The third-order valence-corrected chi connectivity index (χ3v) is 2.10. The Bertz CT molecular complexity index is 60.4. The molecule has 1 saturated carbocycles. The van der Waals surface area contributed by atoms with Crippen molar-refractivity contribution in [3.8, 4) is 0 Å². The average molecular weight is 156 g/mol. The molecule has 0 saturated heterocycles. The lowest BCUT2D eigenvalue weighted by molar-refractivity contribution is 0.708. The van der Waals surface area contributed by atoms with Crippen LogP contribution in [0, 0.1) is 5.92 Å². The van der Waals surface area contributed by atoms with E-state index < -0.39 is 0 Å². The van der Waals surface area contributed by atoms with Gasteiger partial charge in [-0.05, 0) is 5.92 Å². The summed E-state index contributed by atoms with van der Waals surface area (Å²) in [5.41, 5.74) is 0. The van der Waals surface area contributed by atoms with Gasteiger partial charge in [-0.2, -0.15) is 0 Å². The molecule has 0 atom stereocenters. The molecule has 1 aliphatic rings. The SMILES string of the molecule is CCCC1CC1.CCCCC. The fraction of sp³-hybridized carbons (Fsp3) is 1.00. The number of hydrogen-bond acceptors (Lipinski definition) is 0. The zero-order chi connectivity index (χ0) is 8.53. The van der Waals surface area contributed by atoms with E-state index in [9.17, 15) is 0 Å². The highest BCUT2D eigenvalue weighted by Gasteiger charge is 2.18. The fourth-order valence-electron chi connectivity index (χ4n) is 1.17. The highest BCUT2D eigenvalue weighted by molar-refractivity contribution is 4.71. The summed E-state index contributed by atoms with van der Waals surface area (Å²) in [7, 11) is 0. The molecule has 0 amide bonds. The lowest BCUT2D eigenvalue weighted by atomic mass is 10.2. The van der Waals surface area contributed by atoms with Crippen molar-refractivity contribution in [1.82, 2.24) is 0 Å². The van der Waals surface area contributed by atoms with Gasteiger partial charge in [0.15, 0.2) is 0 Å². The molecule has 1 fully saturated rings. The summed E-state index contributed by atoms with van der Waals surface area (Å²) in [6.45, 7) is 6.69. The quantitative estimate of drug-likeness (QED) is 0.566. The van der Waals surface area contributed by atoms with Gasteiger partial charge < -0.3 is 0 Å². The van der Waals surface area contributed by atoms with Crippen LogP contribution in [0.3, 0.4) is 0 Å². The first-order valence-corrected chi connectivity index (χ1v) is 5.35. The lowest BCUT2D eigenvalue weighted by Gasteiger charge is -1.82. The van der Waals surface area contributed by atoms with E-state index >= 15 is 0 Å². The van der Waals surface area contributed by atoms with E-state index in [2.05, 4.69) is 20.8 Å². The van der Waals surface area contributed by atoms with E-state index in [0.717, 1.165) is 5.92 Å². The van der Waals surface area contributed by atoms with Crippen LogP contribution < -0.4 is 0 Å². The molecule has 0 aromatic carbocycles. The first-order chi connectivity index (χ1) is 5.35. The molecule has 0 aliphatic heterocycles. The molecular formula is C11H24. The van der Waals surface area contributed by atoms with E-state index in [1.807, 2.05) is 0 Å². The van der Waals surface area contributed by atoms with Gasteiger partial charge in [0.2, 0.25) is 0 Å². The summed E-state index contributed by atoms with van der Waals surface area (Å²) >= 11 is 0. The first kappa shape index (κ1) is 11.0. The van der Waals surface area contributed by atoms with E-state index in [1.54, 1.807) is 0 Å². The normalized spacial score (nSPS) is 15.5. The van der Waals surface area contributed by atoms with Crippen LogP contribution in [0.25, 0.3) is 0 Å². The van der Waals surface area contributed by atoms with Crippen LogP contribution in [-0.2, 0) is 0 Å². The van der Waals surface area contributed by atoms with Crippen LogP contribution in [0.5, 0.6) is 0 Å². The summed E-state index contributed by atoms with van der Waals surface area (Å²) in [6, 6.07) is 0. The number of hydrogen-bond donors (Lipinski definition) is 0. The Morgan fingerprint density at radius 3 is 1.55 bits per heavy atom. The zero-order valence-corrected chi connectivity index (χ0v) is 8.53. The standard InChI is InChI=1S/C6H12.C5H12/c1-2-3-6-4-5-6;1-3-5-4-2/h6H,2-5H2,1H3;3-5H2,1-2H3. The van der Waals surface area contributed by atoms with E-state index in [-0.39, 0.29) is 0 Å². The minimum absolute atomic E-state index is 1.15. The summed E-state index contributed by atoms with van der Waals surface area (Å²) in [6.07, 6.45) is 10.00. The van der Waals surface area contributed by atoms with Crippen LogP contribution in [0.4, 0.5) is 0 Å². The molecule has 1 aliphatic carbocycles. The van der Waals surface area contributed by atoms with E-state index in [1.165, 1.54) is 44.9 Å². The van der Waals surface area contributed by atoms with Crippen molar-refractivity contribution in [2.75, 3.05) is 0 Å². The van der Waals surface area contributed by atoms with E-state index in [4.69, 9.17) is 0 Å². The second kappa shape index (κ2) is 8.10. The van der Waals surface area contributed by atoms with Crippen molar-refractivity contribution in [3.05, 3.63) is 0 Å². The van der Waals surface area contributed by atoms with E-state index in [0.29, 0.717) is 0 Å². The third kappa shape index (κ3) is 10.0. The van der Waals surface area contributed by atoms with Crippen molar-refractivity contribution in [3.63, 3.8) is 0 Å². The van der Waals surface area contributed by atoms with Gasteiger partial charge in [0, 0.05) is 0 Å². The Labute approximate surface area is 72.4 Å². The molecule has 0 aromatic rings. The van der Waals surface area contributed by atoms with Gasteiger partial charge in [-0.15, -0.1) is 0 Å². The second-order valence-electron chi connectivity index (χ2n) is 3.59. The van der Waals surface area contributed by atoms with Crippen molar-refractivity contribution in [2.45, 2.75) is 65.7 Å². The zero-order valence-electron chi connectivity index (χ0n) is 8.53.